The summed E-state index contributed by atoms with van der Waals surface area (Å²) in [7, 11) is 5.87. The molecule has 0 unspecified atom stereocenters. The molecule has 1 aromatic heterocycles. The number of hydrogen-bond donors (Lipinski definition) is 2. The van der Waals surface area contributed by atoms with Crippen LogP contribution in [0.2, 0.25) is 0 Å². The van der Waals surface area contributed by atoms with Gasteiger partial charge < -0.3 is 25.0 Å². The molecule has 1 saturated carbocycles. The fourth-order valence-electron chi connectivity index (χ4n) is 3.58. The third-order valence-electron chi connectivity index (χ3n) is 4.91. The van der Waals surface area contributed by atoms with Crippen molar-refractivity contribution >= 4 is 11.6 Å². The molecule has 2 fully saturated rings. The first-order chi connectivity index (χ1) is 11.6. The highest BCUT2D eigenvalue weighted by Gasteiger charge is 2.36. The fraction of sp³-hybridized carbons (Fsp3) is 0.765. The van der Waals surface area contributed by atoms with Gasteiger partial charge in [0.25, 0.3) is 0 Å². The van der Waals surface area contributed by atoms with Crippen molar-refractivity contribution in [3.8, 4) is 0 Å². The second-order valence-electron chi connectivity index (χ2n) is 7.31. The lowest BCUT2D eigenvalue weighted by Crippen LogP contribution is -2.38. The third kappa shape index (κ3) is 4.34. The Balaban J connectivity index is 1.60. The average Bonchev–Trinajstić information content (AvgIpc) is 3.18. The van der Waals surface area contributed by atoms with E-state index in [2.05, 4.69) is 39.2 Å². The van der Waals surface area contributed by atoms with E-state index in [1.54, 1.807) is 13.4 Å². The summed E-state index contributed by atoms with van der Waals surface area (Å²) in [6.07, 6.45) is 3.32. The molecule has 2 aliphatic rings. The normalized spacial score (nSPS) is 29.3. The quantitative estimate of drug-likeness (QED) is 0.723. The summed E-state index contributed by atoms with van der Waals surface area (Å²) in [6, 6.07) is 2.28. The Labute approximate surface area is 144 Å². The molecule has 7 nitrogen and oxygen atoms in total. The number of likely N-dealkylation sites (N-methyl/N-ethyl adjacent to an activating group) is 1. The van der Waals surface area contributed by atoms with Crippen LogP contribution in [0, 0.1) is 11.8 Å². The number of rotatable bonds is 8. The number of nitrogens with zero attached hydrogens (tertiary/aromatic N) is 4. The SMILES string of the molecule is COC[C@@H]1C[C@H]1CNc1cc(N2C[C@H](O)C[C@@H]2CN(C)C)ncn1. The number of nitrogens with one attached hydrogen (secondary N) is 1. The minimum atomic E-state index is -0.289. The molecule has 0 aromatic carbocycles. The summed E-state index contributed by atoms with van der Waals surface area (Å²) >= 11 is 0. The Morgan fingerprint density at radius 3 is 2.92 bits per heavy atom. The molecule has 4 atom stereocenters. The highest BCUT2D eigenvalue weighted by Crippen LogP contribution is 2.38. The number of anilines is 2. The number of β-amino-alcohol motifs (C(OH)–C–C–N with tert-alkyl or cyclic N) is 1. The summed E-state index contributed by atoms with van der Waals surface area (Å²) in [5, 5.41) is 13.5. The van der Waals surface area contributed by atoms with Crippen LogP contribution in [0.1, 0.15) is 12.8 Å². The topological polar surface area (TPSA) is 73.8 Å². The summed E-state index contributed by atoms with van der Waals surface area (Å²) in [4.78, 5) is 13.1. The van der Waals surface area contributed by atoms with Crippen LogP contribution in [-0.4, -0.2) is 79.6 Å². The van der Waals surface area contributed by atoms with Gasteiger partial charge in [-0.15, -0.1) is 0 Å². The molecule has 24 heavy (non-hydrogen) atoms. The highest BCUT2D eigenvalue weighted by molar-refractivity contribution is 5.50. The zero-order chi connectivity index (χ0) is 17.1. The number of aliphatic hydroxyl groups is 1. The lowest BCUT2D eigenvalue weighted by Gasteiger charge is -2.27. The van der Waals surface area contributed by atoms with Gasteiger partial charge in [-0.3, -0.25) is 0 Å². The van der Waals surface area contributed by atoms with E-state index in [1.165, 1.54) is 6.42 Å². The van der Waals surface area contributed by atoms with Gasteiger partial charge in [0, 0.05) is 45.5 Å². The van der Waals surface area contributed by atoms with E-state index in [4.69, 9.17) is 4.74 Å². The number of hydrogen-bond acceptors (Lipinski definition) is 7. The number of methoxy groups -OCH3 is 1. The van der Waals surface area contributed by atoms with Gasteiger partial charge in [-0.25, -0.2) is 9.97 Å². The predicted molar refractivity (Wildman–Crippen MR) is 94.3 cm³/mol. The maximum absolute atomic E-state index is 10.0. The van der Waals surface area contributed by atoms with Crippen molar-refractivity contribution in [2.45, 2.75) is 25.0 Å². The Morgan fingerprint density at radius 2 is 2.17 bits per heavy atom. The smallest absolute Gasteiger partial charge is 0.134 e. The first-order valence-electron chi connectivity index (χ1n) is 8.71. The van der Waals surface area contributed by atoms with E-state index in [1.807, 2.05) is 6.07 Å². The molecule has 1 aliphatic carbocycles. The van der Waals surface area contributed by atoms with Crippen LogP contribution in [0.15, 0.2) is 12.4 Å². The molecule has 1 saturated heterocycles. The van der Waals surface area contributed by atoms with Gasteiger partial charge >= 0.3 is 0 Å². The van der Waals surface area contributed by atoms with Crippen LogP contribution < -0.4 is 10.2 Å². The Morgan fingerprint density at radius 1 is 1.33 bits per heavy atom. The van der Waals surface area contributed by atoms with Gasteiger partial charge in [0.1, 0.15) is 18.0 Å². The van der Waals surface area contributed by atoms with Crippen molar-refractivity contribution in [1.29, 1.82) is 0 Å². The monoisotopic (exact) mass is 335 g/mol. The van der Waals surface area contributed by atoms with Gasteiger partial charge in [0.2, 0.25) is 0 Å². The van der Waals surface area contributed by atoms with Crippen molar-refractivity contribution < 1.29 is 9.84 Å². The van der Waals surface area contributed by atoms with E-state index >= 15 is 0 Å². The predicted octanol–water partition coefficient (Wildman–Crippen LogP) is 0.672. The maximum atomic E-state index is 10.0. The van der Waals surface area contributed by atoms with Gasteiger partial charge in [0.05, 0.1) is 6.10 Å². The van der Waals surface area contributed by atoms with E-state index < -0.39 is 0 Å². The van der Waals surface area contributed by atoms with Crippen molar-refractivity contribution in [3.63, 3.8) is 0 Å². The van der Waals surface area contributed by atoms with Crippen LogP contribution in [-0.2, 0) is 4.74 Å². The molecule has 0 amide bonds. The van der Waals surface area contributed by atoms with Crippen LogP contribution in [0.5, 0.6) is 0 Å². The van der Waals surface area contributed by atoms with E-state index in [0.29, 0.717) is 18.4 Å². The molecule has 3 rings (SSSR count). The molecular weight excluding hydrogens is 306 g/mol. The zero-order valence-electron chi connectivity index (χ0n) is 14.9. The molecule has 1 aromatic rings. The van der Waals surface area contributed by atoms with Crippen LogP contribution >= 0.6 is 0 Å². The standard InChI is InChI=1S/C17H29N5O2/c1-21(2)8-14-5-15(23)9-22(14)17-6-16(19-11-20-17)18-7-12-4-13(12)10-24-3/h6,11-15,23H,4-5,7-10H2,1-3H3,(H,18,19,20)/t12-,13-,14+,15+/m0/s1. The molecule has 134 valence electrons. The molecule has 1 aliphatic heterocycles. The first kappa shape index (κ1) is 17.4. The molecule has 2 N–H and O–H groups in total. The Kier molecular flexibility index (Phi) is 5.53. The number of aliphatic hydroxyl groups excluding tert-OH is 1. The lowest BCUT2D eigenvalue weighted by atomic mass is 10.2. The summed E-state index contributed by atoms with van der Waals surface area (Å²) in [5.41, 5.74) is 0. The van der Waals surface area contributed by atoms with Gasteiger partial charge in [-0.2, -0.15) is 0 Å². The van der Waals surface area contributed by atoms with Gasteiger partial charge in [0.15, 0.2) is 0 Å². The number of aromatic nitrogens is 2. The van der Waals surface area contributed by atoms with Crippen LogP contribution in [0.25, 0.3) is 0 Å². The summed E-state index contributed by atoms with van der Waals surface area (Å²) < 4.78 is 5.20. The first-order valence-corrected chi connectivity index (χ1v) is 8.71. The highest BCUT2D eigenvalue weighted by atomic mass is 16.5. The number of ether oxygens (including phenoxy) is 1. The molecule has 0 bridgehead atoms. The Bertz CT molecular complexity index is 541. The molecule has 7 heteroatoms. The molecular formula is C17H29N5O2. The summed E-state index contributed by atoms with van der Waals surface area (Å²) in [5.74, 6) is 3.11. The largest absolute Gasteiger partial charge is 0.391 e. The van der Waals surface area contributed by atoms with Crippen molar-refractivity contribution in [1.82, 2.24) is 14.9 Å². The molecule has 2 heterocycles. The zero-order valence-corrected chi connectivity index (χ0v) is 14.9. The maximum Gasteiger partial charge on any atom is 0.134 e. The Hall–Kier alpha value is -1.44. The van der Waals surface area contributed by atoms with Gasteiger partial charge in [-0.1, -0.05) is 0 Å². The van der Waals surface area contributed by atoms with E-state index in [9.17, 15) is 5.11 Å². The minimum absolute atomic E-state index is 0.285. The molecule has 0 radical (unpaired) electrons. The van der Waals surface area contributed by atoms with Crippen molar-refractivity contribution in [3.05, 3.63) is 12.4 Å². The lowest BCUT2D eigenvalue weighted by molar-refractivity contribution is 0.181. The van der Waals surface area contributed by atoms with Gasteiger partial charge in [-0.05, 0) is 38.8 Å². The third-order valence-corrected chi connectivity index (χ3v) is 4.91. The van der Waals surface area contributed by atoms with Crippen LogP contribution in [0.4, 0.5) is 11.6 Å². The van der Waals surface area contributed by atoms with Crippen molar-refractivity contribution in [2.24, 2.45) is 11.8 Å². The van der Waals surface area contributed by atoms with Crippen molar-refractivity contribution in [2.75, 3.05) is 57.7 Å². The van der Waals surface area contributed by atoms with Crippen LogP contribution in [0.3, 0.4) is 0 Å². The van der Waals surface area contributed by atoms with E-state index in [0.717, 1.165) is 37.8 Å². The minimum Gasteiger partial charge on any atom is -0.391 e. The molecule has 0 spiro atoms. The average molecular weight is 335 g/mol. The second kappa shape index (κ2) is 7.63. The summed E-state index contributed by atoms with van der Waals surface area (Å²) in [6.45, 7) is 3.31. The van der Waals surface area contributed by atoms with E-state index in [-0.39, 0.29) is 12.1 Å². The fourth-order valence-corrected chi connectivity index (χ4v) is 3.58. The second-order valence-corrected chi connectivity index (χ2v) is 7.31.